The van der Waals surface area contributed by atoms with Crippen molar-refractivity contribution < 1.29 is 9.13 Å². The van der Waals surface area contributed by atoms with Crippen molar-refractivity contribution in [1.82, 2.24) is 10.3 Å². The van der Waals surface area contributed by atoms with Crippen LogP contribution in [0, 0.1) is 5.82 Å². The smallest absolute Gasteiger partial charge is 0.141 e. The number of aromatic nitrogens is 1. The van der Waals surface area contributed by atoms with Gasteiger partial charge in [-0.2, -0.15) is 0 Å². The number of hydrogen-bond acceptors (Lipinski definition) is 3. The van der Waals surface area contributed by atoms with Crippen LogP contribution in [0.5, 0.6) is 5.75 Å². The molecule has 1 N–H and O–H groups in total. The van der Waals surface area contributed by atoms with Crippen LogP contribution in [0.3, 0.4) is 0 Å². The van der Waals surface area contributed by atoms with Gasteiger partial charge in [-0.25, -0.2) is 4.39 Å². The summed E-state index contributed by atoms with van der Waals surface area (Å²) in [5, 5.41) is 3.37. The van der Waals surface area contributed by atoms with Crippen molar-refractivity contribution in [1.29, 1.82) is 0 Å². The second kappa shape index (κ2) is 7.52. The van der Waals surface area contributed by atoms with Crippen molar-refractivity contribution in [3.63, 3.8) is 0 Å². The van der Waals surface area contributed by atoms with Gasteiger partial charge in [-0.1, -0.05) is 13.0 Å². The summed E-state index contributed by atoms with van der Waals surface area (Å²) in [7, 11) is 1.64. The average Bonchev–Trinajstić information content (AvgIpc) is 2.47. The highest BCUT2D eigenvalue weighted by molar-refractivity contribution is 9.10. The quantitative estimate of drug-likeness (QED) is 0.856. The van der Waals surface area contributed by atoms with Gasteiger partial charge in [0.2, 0.25) is 0 Å². The minimum atomic E-state index is -0.314. The van der Waals surface area contributed by atoms with Gasteiger partial charge in [-0.15, -0.1) is 0 Å². The number of pyridine rings is 1. The molecule has 0 aliphatic carbocycles. The van der Waals surface area contributed by atoms with Gasteiger partial charge in [-0.3, -0.25) is 4.98 Å². The van der Waals surface area contributed by atoms with Gasteiger partial charge in [0.25, 0.3) is 0 Å². The van der Waals surface area contributed by atoms with E-state index < -0.39 is 0 Å². The Morgan fingerprint density at radius 2 is 2.14 bits per heavy atom. The summed E-state index contributed by atoms with van der Waals surface area (Å²) in [6.45, 7) is 2.84. The van der Waals surface area contributed by atoms with Gasteiger partial charge in [0.1, 0.15) is 11.6 Å². The van der Waals surface area contributed by atoms with Gasteiger partial charge in [-0.05, 0) is 58.2 Å². The molecular formula is C16H18BrFN2O. The molecule has 0 radical (unpaired) electrons. The molecule has 1 unspecified atom stereocenters. The molecule has 2 aromatic rings. The van der Waals surface area contributed by atoms with Gasteiger partial charge in [0.05, 0.1) is 17.8 Å². The van der Waals surface area contributed by atoms with Crippen molar-refractivity contribution in [3.8, 4) is 5.75 Å². The predicted molar refractivity (Wildman–Crippen MR) is 85.0 cm³/mol. The summed E-state index contributed by atoms with van der Waals surface area (Å²) in [6.07, 6.45) is 3.67. The maximum atomic E-state index is 13.4. The Morgan fingerprint density at radius 3 is 2.76 bits per heavy atom. The van der Waals surface area contributed by atoms with E-state index in [2.05, 4.69) is 26.2 Å². The van der Waals surface area contributed by atoms with Crippen molar-refractivity contribution in [3.05, 3.63) is 58.1 Å². The number of nitrogens with zero attached hydrogens (tertiary/aromatic N) is 1. The molecule has 0 fully saturated rings. The lowest BCUT2D eigenvalue weighted by Gasteiger charge is -2.18. The molecule has 0 amide bonds. The molecule has 3 nitrogen and oxygen atoms in total. The highest BCUT2D eigenvalue weighted by atomic mass is 79.9. The Morgan fingerprint density at radius 1 is 1.33 bits per heavy atom. The van der Waals surface area contributed by atoms with E-state index in [9.17, 15) is 4.39 Å². The zero-order valence-corrected chi connectivity index (χ0v) is 13.7. The molecule has 1 atom stereocenters. The van der Waals surface area contributed by atoms with Gasteiger partial charge in [0.15, 0.2) is 0 Å². The Bertz CT molecular complexity index is 607. The first kappa shape index (κ1) is 15.9. The lowest BCUT2D eigenvalue weighted by Crippen LogP contribution is -2.23. The van der Waals surface area contributed by atoms with E-state index >= 15 is 0 Å². The highest BCUT2D eigenvalue weighted by Gasteiger charge is 2.13. The number of likely N-dealkylation sites (N-methyl/N-ethyl adjacent to an activating group) is 1. The topological polar surface area (TPSA) is 34.1 Å². The first-order chi connectivity index (χ1) is 10.1. The molecule has 1 heterocycles. The van der Waals surface area contributed by atoms with Crippen molar-refractivity contribution in [2.24, 2.45) is 0 Å². The molecule has 0 aliphatic heterocycles. The Hall–Kier alpha value is -1.46. The van der Waals surface area contributed by atoms with E-state index in [0.717, 1.165) is 34.3 Å². The third-order valence-electron chi connectivity index (χ3n) is 3.23. The van der Waals surface area contributed by atoms with E-state index in [1.165, 1.54) is 12.3 Å². The molecule has 1 aromatic carbocycles. The summed E-state index contributed by atoms with van der Waals surface area (Å²) in [6, 6.07) is 7.51. The fraction of sp³-hybridized carbons (Fsp3) is 0.312. The molecule has 5 heteroatoms. The molecule has 1 aromatic heterocycles. The maximum Gasteiger partial charge on any atom is 0.141 e. The molecule has 21 heavy (non-hydrogen) atoms. The summed E-state index contributed by atoms with van der Waals surface area (Å²) < 4.78 is 19.5. The largest absolute Gasteiger partial charge is 0.496 e. The molecule has 2 rings (SSSR count). The summed E-state index contributed by atoms with van der Waals surface area (Å²) in [4.78, 5) is 3.93. The van der Waals surface area contributed by atoms with E-state index in [1.54, 1.807) is 13.3 Å². The average molecular weight is 353 g/mol. The number of methoxy groups -OCH3 is 1. The first-order valence-corrected chi connectivity index (χ1v) is 7.59. The third kappa shape index (κ3) is 4.25. The van der Waals surface area contributed by atoms with Crippen LogP contribution in [0.15, 0.2) is 41.1 Å². The zero-order chi connectivity index (χ0) is 15.2. The Kier molecular flexibility index (Phi) is 5.70. The van der Waals surface area contributed by atoms with Gasteiger partial charge >= 0.3 is 0 Å². The lowest BCUT2D eigenvalue weighted by atomic mass is 10.00. The van der Waals surface area contributed by atoms with Crippen LogP contribution >= 0.6 is 15.9 Å². The van der Waals surface area contributed by atoms with Crippen LogP contribution in [0.1, 0.15) is 24.1 Å². The highest BCUT2D eigenvalue weighted by Crippen LogP contribution is 2.27. The standard InChI is InChI=1S/C16H18BrFN2O/c1-3-20-15(12-8-13(18)10-19-9-12)7-11-4-5-16(21-2)14(17)6-11/h4-6,8-10,15,20H,3,7H2,1-2H3. The molecule has 0 spiro atoms. The van der Waals surface area contributed by atoms with E-state index in [0.29, 0.717) is 0 Å². The number of hydrogen-bond donors (Lipinski definition) is 1. The predicted octanol–water partition coefficient (Wildman–Crippen LogP) is 3.89. The molecule has 112 valence electrons. The van der Waals surface area contributed by atoms with Crippen LogP contribution in [0.2, 0.25) is 0 Å². The monoisotopic (exact) mass is 352 g/mol. The first-order valence-electron chi connectivity index (χ1n) is 6.80. The molecule has 0 saturated carbocycles. The molecular weight excluding hydrogens is 335 g/mol. The lowest BCUT2D eigenvalue weighted by molar-refractivity contribution is 0.412. The van der Waals surface area contributed by atoms with E-state index in [4.69, 9.17) is 4.74 Å². The Balaban J connectivity index is 2.22. The van der Waals surface area contributed by atoms with Crippen LogP contribution < -0.4 is 10.1 Å². The zero-order valence-electron chi connectivity index (χ0n) is 12.1. The van der Waals surface area contributed by atoms with Crippen molar-refractivity contribution in [2.75, 3.05) is 13.7 Å². The summed E-state index contributed by atoms with van der Waals surface area (Å²) >= 11 is 3.49. The normalized spacial score (nSPS) is 12.2. The summed E-state index contributed by atoms with van der Waals surface area (Å²) in [5.74, 6) is 0.484. The molecule has 0 bridgehead atoms. The van der Waals surface area contributed by atoms with Crippen molar-refractivity contribution in [2.45, 2.75) is 19.4 Å². The molecule has 0 aliphatic rings. The number of ether oxygens (including phenoxy) is 1. The van der Waals surface area contributed by atoms with Crippen LogP contribution in [-0.2, 0) is 6.42 Å². The number of nitrogens with one attached hydrogen (secondary N) is 1. The minimum Gasteiger partial charge on any atom is -0.496 e. The molecule has 0 saturated heterocycles. The van der Waals surface area contributed by atoms with Crippen molar-refractivity contribution >= 4 is 15.9 Å². The van der Waals surface area contributed by atoms with Crippen LogP contribution in [-0.4, -0.2) is 18.6 Å². The SMILES string of the molecule is CCNC(Cc1ccc(OC)c(Br)c1)c1cncc(F)c1. The second-order valence-electron chi connectivity index (χ2n) is 4.72. The number of halogens is 2. The van der Waals surface area contributed by atoms with Crippen LogP contribution in [0.4, 0.5) is 4.39 Å². The van der Waals surface area contributed by atoms with Crippen LogP contribution in [0.25, 0.3) is 0 Å². The number of rotatable bonds is 6. The summed E-state index contributed by atoms with van der Waals surface area (Å²) in [5.41, 5.74) is 1.99. The fourth-order valence-corrected chi connectivity index (χ4v) is 2.83. The second-order valence-corrected chi connectivity index (χ2v) is 5.57. The third-order valence-corrected chi connectivity index (χ3v) is 3.85. The van der Waals surface area contributed by atoms with E-state index in [-0.39, 0.29) is 11.9 Å². The Labute approximate surface area is 132 Å². The maximum absolute atomic E-state index is 13.4. The van der Waals surface area contributed by atoms with E-state index in [1.807, 2.05) is 25.1 Å². The van der Waals surface area contributed by atoms with Gasteiger partial charge in [0, 0.05) is 12.2 Å². The number of benzene rings is 1. The fourth-order valence-electron chi connectivity index (χ4n) is 2.25. The van der Waals surface area contributed by atoms with Gasteiger partial charge < -0.3 is 10.1 Å². The minimum absolute atomic E-state index is 0.0264.